The maximum atomic E-state index is 12.9. The number of rotatable bonds is 6. The first kappa shape index (κ1) is 18.9. The van der Waals surface area contributed by atoms with Gasteiger partial charge in [-0.25, -0.2) is 13.1 Å². The number of amides is 1. The Hall–Kier alpha value is -2.42. The highest BCUT2D eigenvalue weighted by molar-refractivity contribution is 7.89. The minimum atomic E-state index is -3.68. The molecule has 1 saturated heterocycles. The number of hydrogen-bond donors (Lipinski definition) is 1. The van der Waals surface area contributed by atoms with E-state index in [-0.39, 0.29) is 23.4 Å². The molecule has 0 saturated carbocycles. The number of carbonyl (C=O) groups is 1. The normalized spacial score (nSPS) is 17.1. The van der Waals surface area contributed by atoms with Gasteiger partial charge in [-0.1, -0.05) is 0 Å². The van der Waals surface area contributed by atoms with Gasteiger partial charge >= 0.3 is 0 Å². The minimum absolute atomic E-state index is 0.0683. The number of hydrogen-bond acceptors (Lipinski definition) is 5. The van der Waals surface area contributed by atoms with Gasteiger partial charge in [0.05, 0.1) is 23.7 Å². The summed E-state index contributed by atoms with van der Waals surface area (Å²) >= 11 is 1.63. The molecule has 1 aliphatic rings. The average molecular weight is 417 g/mol. The van der Waals surface area contributed by atoms with E-state index >= 15 is 0 Å². The van der Waals surface area contributed by atoms with Gasteiger partial charge in [-0.2, -0.15) is 11.3 Å². The van der Waals surface area contributed by atoms with E-state index in [0.717, 1.165) is 18.4 Å². The van der Waals surface area contributed by atoms with Crippen LogP contribution in [0.4, 0.5) is 0 Å². The monoisotopic (exact) mass is 416 g/mol. The number of carbonyl (C=O) groups excluding carboxylic acids is 1. The Balaban J connectivity index is 1.47. The molecule has 0 aliphatic carbocycles. The third-order valence-electron chi connectivity index (χ3n) is 4.87. The molecule has 3 aromatic rings. The number of thiophene rings is 1. The van der Waals surface area contributed by atoms with Crippen molar-refractivity contribution < 1.29 is 17.6 Å². The zero-order chi connectivity index (χ0) is 19.6. The first-order chi connectivity index (χ1) is 13.5. The second kappa shape index (κ2) is 7.90. The van der Waals surface area contributed by atoms with Crippen LogP contribution < -0.4 is 4.72 Å². The molecular formula is C20H20N2O4S2. The number of furan rings is 1. The van der Waals surface area contributed by atoms with Gasteiger partial charge in [-0.05, 0) is 71.6 Å². The number of nitrogens with one attached hydrogen (secondary N) is 1. The molecule has 6 nitrogen and oxygen atoms in total. The molecule has 0 spiro atoms. The molecule has 1 fully saturated rings. The van der Waals surface area contributed by atoms with Crippen LogP contribution in [-0.4, -0.2) is 25.8 Å². The SMILES string of the molecule is O=C(c1ccc(S(=O)(=O)NCc2ccco2)cc1)N1CCCC1c1ccsc1. The largest absolute Gasteiger partial charge is 0.468 e. The number of benzene rings is 1. The second-order valence-electron chi connectivity index (χ2n) is 6.64. The van der Waals surface area contributed by atoms with E-state index < -0.39 is 10.0 Å². The molecular weight excluding hydrogens is 396 g/mol. The molecule has 1 atom stereocenters. The van der Waals surface area contributed by atoms with Crippen LogP contribution in [0.5, 0.6) is 0 Å². The van der Waals surface area contributed by atoms with E-state index in [1.54, 1.807) is 35.6 Å². The van der Waals surface area contributed by atoms with Crippen molar-refractivity contribution in [3.05, 3.63) is 76.4 Å². The Kier molecular flexibility index (Phi) is 5.34. The lowest BCUT2D eigenvalue weighted by Gasteiger charge is -2.24. The molecule has 3 heterocycles. The molecule has 8 heteroatoms. The summed E-state index contributed by atoms with van der Waals surface area (Å²) in [6.07, 6.45) is 3.41. The summed E-state index contributed by atoms with van der Waals surface area (Å²) in [4.78, 5) is 14.9. The molecule has 0 bridgehead atoms. The topological polar surface area (TPSA) is 79.6 Å². The molecule has 2 aromatic heterocycles. The van der Waals surface area contributed by atoms with E-state index in [1.165, 1.54) is 18.4 Å². The molecule has 0 radical (unpaired) electrons. The van der Waals surface area contributed by atoms with E-state index in [9.17, 15) is 13.2 Å². The predicted octanol–water partition coefficient (Wildman–Crippen LogP) is 3.80. The van der Waals surface area contributed by atoms with Gasteiger partial charge in [0.25, 0.3) is 5.91 Å². The molecule has 146 valence electrons. The van der Waals surface area contributed by atoms with Gasteiger partial charge in [-0.15, -0.1) is 0 Å². The van der Waals surface area contributed by atoms with Crippen LogP contribution in [0.1, 0.15) is 40.6 Å². The fraction of sp³-hybridized carbons (Fsp3) is 0.250. The maximum Gasteiger partial charge on any atom is 0.254 e. The molecule has 1 N–H and O–H groups in total. The van der Waals surface area contributed by atoms with Crippen LogP contribution in [0, 0.1) is 0 Å². The average Bonchev–Trinajstić information content (AvgIpc) is 3.48. The highest BCUT2D eigenvalue weighted by Gasteiger charge is 2.31. The maximum absolute atomic E-state index is 12.9. The standard InChI is InChI=1S/C20H20N2O4S2/c23-20(22-10-1-4-19(22)16-9-12-27-14-16)15-5-7-18(8-6-15)28(24,25)21-13-17-3-2-11-26-17/h2-3,5-9,11-12,14,19,21H,1,4,10,13H2. The summed E-state index contributed by atoms with van der Waals surface area (Å²) in [5, 5.41) is 4.10. The smallest absolute Gasteiger partial charge is 0.254 e. The van der Waals surface area contributed by atoms with Gasteiger partial charge < -0.3 is 9.32 Å². The van der Waals surface area contributed by atoms with E-state index in [1.807, 2.05) is 10.3 Å². The summed E-state index contributed by atoms with van der Waals surface area (Å²) in [6, 6.07) is 11.6. The van der Waals surface area contributed by atoms with Gasteiger partial charge in [0.15, 0.2) is 0 Å². The summed E-state index contributed by atoms with van der Waals surface area (Å²) in [7, 11) is -3.68. The Morgan fingerprint density at radius 1 is 1.21 bits per heavy atom. The fourth-order valence-electron chi connectivity index (χ4n) is 3.43. The predicted molar refractivity (Wildman–Crippen MR) is 107 cm³/mol. The molecule has 1 amide bonds. The van der Waals surface area contributed by atoms with E-state index in [4.69, 9.17) is 4.42 Å². The lowest BCUT2D eigenvalue weighted by atomic mass is 10.1. The molecule has 1 unspecified atom stereocenters. The second-order valence-corrected chi connectivity index (χ2v) is 9.19. The van der Waals surface area contributed by atoms with Crippen LogP contribution >= 0.6 is 11.3 Å². The molecule has 1 aromatic carbocycles. The van der Waals surface area contributed by atoms with Crippen molar-refractivity contribution in [1.29, 1.82) is 0 Å². The highest BCUT2D eigenvalue weighted by Crippen LogP contribution is 2.34. The van der Waals surface area contributed by atoms with Crippen molar-refractivity contribution >= 4 is 27.3 Å². The van der Waals surface area contributed by atoms with Crippen molar-refractivity contribution in [1.82, 2.24) is 9.62 Å². The van der Waals surface area contributed by atoms with E-state index in [2.05, 4.69) is 16.2 Å². The Bertz CT molecular complexity index is 1030. The minimum Gasteiger partial charge on any atom is -0.468 e. The van der Waals surface area contributed by atoms with Crippen LogP contribution in [0.2, 0.25) is 0 Å². The van der Waals surface area contributed by atoms with Gasteiger partial charge in [-0.3, -0.25) is 4.79 Å². The molecule has 4 rings (SSSR count). The summed E-state index contributed by atoms with van der Waals surface area (Å²) in [6.45, 7) is 0.788. The number of nitrogens with zero attached hydrogens (tertiary/aromatic N) is 1. The Morgan fingerprint density at radius 3 is 2.71 bits per heavy atom. The lowest BCUT2D eigenvalue weighted by Crippen LogP contribution is -2.30. The highest BCUT2D eigenvalue weighted by atomic mass is 32.2. The first-order valence-corrected chi connectivity index (χ1v) is 11.4. The van der Waals surface area contributed by atoms with E-state index in [0.29, 0.717) is 17.9 Å². The quantitative estimate of drug-likeness (QED) is 0.663. The van der Waals surface area contributed by atoms with Crippen LogP contribution in [0.15, 0.2) is 68.8 Å². The zero-order valence-electron chi connectivity index (χ0n) is 15.1. The van der Waals surface area contributed by atoms with Crippen LogP contribution in [0.3, 0.4) is 0 Å². The first-order valence-electron chi connectivity index (χ1n) is 9.00. The van der Waals surface area contributed by atoms with Crippen molar-refractivity contribution in [3.8, 4) is 0 Å². The van der Waals surface area contributed by atoms with Crippen molar-refractivity contribution in [2.75, 3.05) is 6.54 Å². The molecule has 1 aliphatic heterocycles. The van der Waals surface area contributed by atoms with Gasteiger partial charge in [0, 0.05) is 12.1 Å². The van der Waals surface area contributed by atoms with Gasteiger partial charge in [0.1, 0.15) is 5.76 Å². The third kappa shape index (κ3) is 3.89. The summed E-state index contributed by atoms with van der Waals surface area (Å²) < 4.78 is 32.5. The Morgan fingerprint density at radius 2 is 2.04 bits per heavy atom. The van der Waals surface area contributed by atoms with Gasteiger partial charge in [0.2, 0.25) is 10.0 Å². The Labute approximate surface area is 167 Å². The zero-order valence-corrected chi connectivity index (χ0v) is 16.7. The van der Waals surface area contributed by atoms with Crippen molar-refractivity contribution in [2.45, 2.75) is 30.3 Å². The summed E-state index contributed by atoms with van der Waals surface area (Å²) in [5.74, 6) is 0.463. The van der Waals surface area contributed by atoms with Crippen LogP contribution in [-0.2, 0) is 16.6 Å². The summed E-state index contributed by atoms with van der Waals surface area (Å²) in [5.41, 5.74) is 1.66. The number of likely N-dealkylation sites (tertiary alicyclic amines) is 1. The third-order valence-corrected chi connectivity index (χ3v) is 6.99. The lowest BCUT2D eigenvalue weighted by molar-refractivity contribution is 0.0736. The van der Waals surface area contributed by atoms with Crippen LogP contribution in [0.25, 0.3) is 0 Å². The van der Waals surface area contributed by atoms with Crippen molar-refractivity contribution in [3.63, 3.8) is 0 Å². The fourth-order valence-corrected chi connectivity index (χ4v) is 5.13. The number of sulfonamides is 1. The van der Waals surface area contributed by atoms with Crippen molar-refractivity contribution in [2.24, 2.45) is 0 Å². The molecule has 28 heavy (non-hydrogen) atoms.